The zero-order valence-corrected chi connectivity index (χ0v) is 14.3. The van der Waals surface area contributed by atoms with Crippen molar-refractivity contribution in [2.75, 3.05) is 32.8 Å². The van der Waals surface area contributed by atoms with Gasteiger partial charge < -0.3 is 19.7 Å². The van der Waals surface area contributed by atoms with E-state index in [0.29, 0.717) is 12.4 Å². The van der Waals surface area contributed by atoms with Crippen molar-refractivity contribution >= 4 is 5.91 Å². The summed E-state index contributed by atoms with van der Waals surface area (Å²) in [6.07, 6.45) is 0.985. The summed E-state index contributed by atoms with van der Waals surface area (Å²) in [6.45, 7) is 3.96. The molecule has 5 nitrogen and oxygen atoms in total. The third kappa shape index (κ3) is 5.50. The first-order valence-electron chi connectivity index (χ1n) is 8.69. The standard InChI is InChI=1S/C20H24N2O3/c23-20(22-13-4-11-21-12-14-22)16-25-19-9-7-18(8-10-19)24-15-17-5-2-1-3-6-17/h1-3,5-10,21H,4,11-16H2. The van der Waals surface area contributed by atoms with Crippen LogP contribution >= 0.6 is 0 Å². The molecular weight excluding hydrogens is 316 g/mol. The maximum atomic E-state index is 12.2. The quantitative estimate of drug-likeness (QED) is 0.878. The molecule has 3 rings (SSSR count). The Morgan fingerprint density at radius 3 is 2.40 bits per heavy atom. The Morgan fingerprint density at radius 1 is 0.920 bits per heavy atom. The molecule has 2 aromatic rings. The molecule has 1 amide bonds. The molecule has 2 aromatic carbocycles. The number of nitrogens with zero attached hydrogens (tertiary/aromatic N) is 1. The highest BCUT2D eigenvalue weighted by Crippen LogP contribution is 2.18. The first-order valence-corrected chi connectivity index (χ1v) is 8.69. The van der Waals surface area contributed by atoms with Gasteiger partial charge >= 0.3 is 0 Å². The number of ether oxygens (including phenoxy) is 2. The molecule has 0 spiro atoms. The second-order valence-electron chi connectivity index (χ2n) is 6.02. The molecule has 0 atom stereocenters. The van der Waals surface area contributed by atoms with Gasteiger partial charge in [0.1, 0.15) is 18.1 Å². The lowest BCUT2D eigenvalue weighted by Gasteiger charge is -2.20. The highest BCUT2D eigenvalue weighted by Gasteiger charge is 2.15. The number of carbonyl (C=O) groups excluding carboxylic acids is 1. The first kappa shape index (κ1) is 17.3. The Balaban J connectivity index is 1.45. The van der Waals surface area contributed by atoms with Crippen molar-refractivity contribution in [3.05, 3.63) is 60.2 Å². The largest absolute Gasteiger partial charge is 0.489 e. The molecule has 0 aliphatic carbocycles. The van der Waals surface area contributed by atoms with Crippen molar-refractivity contribution < 1.29 is 14.3 Å². The lowest BCUT2D eigenvalue weighted by atomic mass is 10.2. The van der Waals surface area contributed by atoms with Gasteiger partial charge in [0.25, 0.3) is 5.91 Å². The first-order chi connectivity index (χ1) is 12.3. The highest BCUT2D eigenvalue weighted by molar-refractivity contribution is 5.77. The second-order valence-corrected chi connectivity index (χ2v) is 6.02. The number of nitrogens with one attached hydrogen (secondary N) is 1. The molecular formula is C20H24N2O3. The summed E-state index contributed by atoms with van der Waals surface area (Å²) in [5.74, 6) is 1.49. The lowest BCUT2D eigenvalue weighted by molar-refractivity contribution is -0.133. The van der Waals surface area contributed by atoms with E-state index in [1.165, 1.54) is 0 Å². The van der Waals surface area contributed by atoms with E-state index in [2.05, 4.69) is 5.32 Å². The fourth-order valence-electron chi connectivity index (χ4n) is 2.70. The predicted octanol–water partition coefficient (Wildman–Crippen LogP) is 2.47. The second kappa shape index (κ2) is 9.08. The molecule has 1 aliphatic heterocycles. The van der Waals surface area contributed by atoms with Gasteiger partial charge in [-0.25, -0.2) is 0 Å². The van der Waals surface area contributed by atoms with Crippen molar-refractivity contribution in [1.29, 1.82) is 0 Å². The molecule has 0 unspecified atom stereocenters. The topological polar surface area (TPSA) is 50.8 Å². The summed E-state index contributed by atoms with van der Waals surface area (Å²) in [5, 5.41) is 3.29. The Labute approximate surface area is 148 Å². The van der Waals surface area contributed by atoms with Gasteiger partial charge in [-0.1, -0.05) is 30.3 Å². The average molecular weight is 340 g/mol. The summed E-state index contributed by atoms with van der Waals surface area (Å²) in [5.41, 5.74) is 1.13. The molecule has 25 heavy (non-hydrogen) atoms. The van der Waals surface area contributed by atoms with Gasteiger partial charge in [-0.05, 0) is 42.8 Å². The molecule has 1 heterocycles. The minimum absolute atomic E-state index is 0.0353. The van der Waals surface area contributed by atoms with Crippen molar-refractivity contribution in [3.63, 3.8) is 0 Å². The normalized spacial score (nSPS) is 14.6. The van der Waals surface area contributed by atoms with E-state index in [9.17, 15) is 4.79 Å². The maximum absolute atomic E-state index is 12.2. The Morgan fingerprint density at radius 2 is 1.64 bits per heavy atom. The molecule has 1 saturated heterocycles. The molecule has 1 N–H and O–H groups in total. The minimum atomic E-state index is 0.0353. The van der Waals surface area contributed by atoms with Gasteiger partial charge in [-0.15, -0.1) is 0 Å². The predicted molar refractivity (Wildman–Crippen MR) is 96.8 cm³/mol. The molecule has 132 valence electrons. The van der Waals surface area contributed by atoms with Crippen LogP contribution in [-0.2, 0) is 11.4 Å². The summed E-state index contributed by atoms with van der Waals surface area (Å²) in [7, 11) is 0. The summed E-state index contributed by atoms with van der Waals surface area (Å²) in [6, 6.07) is 17.4. The fourth-order valence-corrected chi connectivity index (χ4v) is 2.70. The van der Waals surface area contributed by atoms with E-state index in [4.69, 9.17) is 9.47 Å². The Kier molecular flexibility index (Phi) is 6.29. The van der Waals surface area contributed by atoms with Gasteiger partial charge in [-0.2, -0.15) is 0 Å². The molecule has 0 radical (unpaired) electrons. The molecule has 1 fully saturated rings. The average Bonchev–Trinajstić information content (AvgIpc) is 2.96. The highest BCUT2D eigenvalue weighted by atomic mass is 16.5. The number of benzene rings is 2. The minimum Gasteiger partial charge on any atom is -0.489 e. The summed E-state index contributed by atoms with van der Waals surface area (Å²) in [4.78, 5) is 14.1. The number of hydrogen-bond donors (Lipinski definition) is 1. The van der Waals surface area contributed by atoms with Crippen molar-refractivity contribution in [1.82, 2.24) is 10.2 Å². The van der Waals surface area contributed by atoms with Gasteiger partial charge in [0.05, 0.1) is 0 Å². The van der Waals surface area contributed by atoms with Gasteiger partial charge in [-0.3, -0.25) is 4.79 Å². The van der Waals surface area contributed by atoms with Gasteiger partial charge in [0.15, 0.2) is 6.61 Å². The zero-order chi connectivity index (χ0) is 17.3. The summed E-state index contributed by atoms with van der Waals surface area (Å²) >= 11 is 0. The molecule has 5 heteroatoms. The third-order valence-corrected chi connectivity index (χ3v) is 4.13. The van der Waals surface area contributed by atoms with Crippen molar-refractivity contribution in [2.45, 2.75) is 13.0 Å². The van der Waals surface area contributed by atoms with E-state index in [0.717, 1.165) is 43.9 Å². The van der Waals surface area contributed by atoms with Gasteiger partial charge in [0, 0.05) is 19.6 Å². The third-order valence-electron chi connectivity index (χ3n) is 4.13. The Hall–Kier alpha value is -2.53. The van der Waals surface area contributed by atoms with Crippen LogP contribution < -0.4 is 14.8 Å². The summed E-state index contributed by atoms with van der Waals surface area (Å²) < 4.78 is 11.4. The Bertz CT molecular complexity index is 650. The van der Waals surface area contributed by atoms with Crippen LogP contribution in [0.2, 0.25) is 0 Å². The van der Waals surface area contributed by atoms with Crippen LogP contribution in [0.4, 0.5) is 0 Å². The maximum Gasteiger partial charge on any atom is 0.260 e. The van der Waals surface area contributed by atoms with E-state index < -0.39 is 0 Å². The van der Waals surface area contributed by atoms with Crippen LogP contribution in [0.1, 0.15) is 12.0 Å². The molecule has 1 aliphatic rings. The molecule has 0 saturated carbocycles. The van der Waals surface area contributed by atoms with Crippen molar-refractivity contribution in [3.8, 4) is 11.5 Å². The number of hydrogen-bond acceptors (Lipinski definition) is 4. The fraction of sp³-hybridized carbons (Fsp3) is 0.350. The van der Waals surface area contributed by atoms with E-state index in [1.54, 1.807) is 0 Å². The number of rotatable bonds is 6. The van der Waals surface area contributed by atoms with Crippen LogP contribution in [-0.4, -0.2) is 43.6 Å². The van der Waals surface area contributed by atoms with Crippen LogP contribution in [0.15, 0.2) is 54.6 Å². The zero-order valence-electron chi connectivity index (χ0n) is 14.3. The monoisotopic (exact) mass is 340 g/mol. The number of carbonyl (C=O) groups is 1. The van der Waals surface area contributed by atoms with Crippen LogP contribution in [0.5, 0.6) is 11.5 Å². The molecule has 0 aromatic heterocycles. The van der Waals surface area contributed by atoms with E-state index >= 15 is 0 Å². The van der Waals surface area contributed by atoms with Crippen molar-refractivity contribution in [2.24, 2.45) is 0 Å². The van der Waals surface area contributed by atoms with Gasteiger partial charge in [0.2, 0.25) is 0 Å². The SMILES string of the molecule is O=C(COc1ccc(OCc2ccccc2)cc1)N1CCCNCC1. The van der Waals surface area contributed by atoms with Crippen LogP contribution in [0.3, 0.4) is 0 Å². The number of amides is 1. The van der Waals surface area contributed by atoms with E-state index in [1.807, 2.05) is 59.5 Å². The van der Waals surface area contributed by atoms with Crippen LogP contribution in [0.25, 0.3) is 0 Å². The molecule has 0 bridgehead atoms. The smallest absolute Gasteiger partial charge is 0.260 e. The lowest BCUT2D eigenvalue weighted by Crippen LogP contribution is -2.37. The van der Waals surface area contributed by atoms with Crippen LogP contribution in [0, 0.1) is 0 Å². The van der Waals surface area contributed by atoms with E-state index in [-0.39, 0.29) is 12.5 Å².